The summed E-state index contributed by atoms with van der Waals surface area (Å²) in [4.78, 5) is 24.2. The van der Waals surface area contributed by atoms with E-state index in [4.69, 9.17) is 9.84 Å². The normalized spacial score (nSPS) is 11.2. The van der Waals surface area contributed by atoms with Gasteiger partial charge < -0.3 is 30.0 Å². The molecule has 156 valence electrons. The van der Waals surface area contributed by atoms with E-state index in [1.54, 1.807) is 6.33 Å². The Balaban J connectivity index is 1.60. The van der Waals surface area contributed by atoms with Gasteiger partial charge in [0, 0.05) is 44.7 Å². The van der Waals surface area contributed by atoms with Crippen molar-refractivity contribution in [3.05, 3.63) is 42.2 Å². The number of aromatic amines is 1. The van der Waals surface area contributed by atoms with Crippen LogP contribution in [0.2, 0.25) is 0 Å². The molecule has 0 spiro atoms. The largest absolute Gasteiger partial charge is 0.449 e. The Morgan fingerprint density at radius 3 is 3.00 bits per heavy atom. The lowest BCUT2D eigenvalue weighted by Gasteiger charge is -2.07. The van der Waals surface area contributed by atoms with Crippen LogP contribution in [-0.4, -0.2) is 51.0 Å². The highest BCUT2D eigenvalue weighted by atomic mass is 16.5. The number of H-pyrrole nitrogens is 1. The van der Waals surface area contributed by atoms with Crippen LogP contribution >= 0.6 is 0 Å². The van der Waals surface area contributed by atoms with E-state index in [2.05, 4.69) is 31.7 Å². The van der Waals surface area contributed by atoms with Crippen LogP contribution in [0.3, 0.4) is 0 Å². The summed E-state index contributed by atoms with van der Waals surface area (Å²) in [5, 5.41) is 15.6. The molecule has 0 atom stereocenters. The van der Waals surface area contributed by atoms with Gasteiger partial charge in [-0.25, -0.2) is 14.8 Å². The molecule has 4 N–H and O–H groups in total. The Morgan fingerprint density at radius 1 is 1.33 bits per heavy atom. The highest BCUT2D eigenvalue weighted by molar-refractivity contribution is 6.07. The maximum atomic E-state index is 11.7. The van der Waals surface area contributed by atoms with Crippen LogP contribution in [0.15, 0.2) is 36.7 Å². The molecule has 9 heteroatoms. The number of aliphatic hydroxyl groups is 1. The number of anilines is 1. The highest BCUT2D eigenvalue weighted by Gasteiger charge is 2.15. The van der Waals surface area contributed by atoms with Crippen molar-refractivity contribution in [2.24, 2.45) is 7.05 Å². The summed E-state index contributed by atoms with van der Waals surface area (Å²) in [7, 11) is 3.80. The zero-order chi connectivity index (χ0) is 21.1. The van der Waals surface area contributed by atoms with Crippen LogP contribution in [0, 0.1) is 0 Å². The topological polar surface area (TPSA) is 117 Å². The maximum absolute atomic E-state index is 11.7. The third-order valence-corrected chi connectivity index (χ3v) is 4.88. The number of ether oxygens (including phenoxy) is 1. The SMILES string of the molecule is CNc1nc2[nH]c(-c3cccc(CNC(=O)OCCCO)c3)cc2c2c1ncn2C. The molecule has 30 heavy (non-hydrogen) atoms. The van der Waals surface area contributed by atoms with Crippen molar-refractivity contribution in [2.75, 3.05) is 25.6 Å². The van der Waals surface area contributed by atoms with Crippen molar-refractivity contribution >= 4 is 34.0 Å². The number of nitrogens with zero attached hydrogens (tertiary/aromatic N) is 3. The van der Waals surface area contributed by atoms with Gasteiger partial charge in [0.1, 0.15) is 11.2 Å². The second-order valence-corrected chi connectivity index (χ2v) is 6.98. The van der Waals surface area contributed by atoms with E-state index in [1.807, 2.05) is 42.9 Å². The number of imidazole rings is 1. The molecular weight excluding hydrogens is 384 g/mol. The molecule has 1 amide bonds. The Morgan fingerprint density at radius 2 is 2.20 bits per heavy atom. The van der Waals surface area contributed by atoms with Crippen LogP contribution in [0.5, 0.6) is 0 Å². The summed E-state index contributed by atoms with van der Waals surface area (Å²) in [5.74, 6) is 0.726. The zero-order valence-corrected chi connectivity index (χ0v) is 16.9. The number of alkyl carbamates (subject to hydrolysis) is 1. The quantitative estimate of drug-likeness (QED) is 0.349. The van der Waals surface area contributed by atoms with Gasteiger partial charge in [-0.1, -0.05) is 18.2 Å². The van der Waals surface area contributed by atoms with Gasteiger partial charge in [0.15, 0.2) is 5.82 Å². The van der Waals surface area contributed by atoms with Crippen LogP contribution in [0.1, 0.15) is 12.0 Å². The summed E-state index contributed by atoms with van der Waals surface area (Å²) in [5.41, 5.74) is 5.48. The van der Waals surface area contributed by atoms with Crippen LogP contribution in [0.25, 0.3) is 33.3 Å². The first kappa shape index (κ1) is 19.7. The number of rotatable bonds is 7. The predicted molar refractivity (Wildman–Crippen MR) is 115 cm³/mol. The molecule has 9 nitrogen and oxygen atoms in total. The van der Waals surface area contributed by atoms with Gasteiger partial charge in [-0.3, -0.25) is 0 Å². The van der Waals surface area contributed by atoms with Crippen molar-refractivity contribution in [2.45, 2.75) is 13.0 Å². The van der Waals surface area contributed by atoms with Crippen LogP contribution in [-0.2, 0) is 18.3 Å². The third kappa shape index (κ3) is 3.79. The molecule has 3 heterocycles. The summed E-state index contributed by atoms with van der Waals surface area (Å²) in [6, 6.07) is 9.98. The van der Waals surface area contributed by atoms with Crippen molar-refractivity contribution in [1.82, 2.24) is 24.8 Å². The van der Waals surface area contributed by atoms with Crippen molar-refractivity contribution in [3.8, 4) is 11.3 Å². The average Bonchev–Trinajstić information content (AvgIpc) is 3.35. The molecule has 0 unspecified atom stereocenters. The van der Waals surface area contributed by atoms with Gasteiger partial charge in [-0.05, 0) is 23.3 Å². The van der Waals surface area contributed by atoms with Crippen molar-refractivity contribution < 1.29 is 14.6 Å². The number of amides is 1. The summed E-state index contributed by atoms with van der Waals surface area (Å²) in [6.07, 6.45) is 1.71. The van der Waals surface area contributed by atoms with E-state index >= 15 is 0 Å². The molecule has 3 aromatic heterocycles. The zero-order valence-electron chi connectivity index (χ0n) is 16.9. The van der Waals surface area contributed by atoms with E-state index in [0.717, 1.165) is 44.7 Å². The highest BCUT2D eigenvalue weighted by Crippen LogP contribution is 2.31. The van der Waals surface area contributed by atoms with E-state index in [9.17, 15) is 4.79 Å². The lowest BCUT2D eigenvalue weighted by atomic mass is 10.1. The number of carbonyl (C=O) groups is 1. The number of benzene rings is 1. The first-order valence-corrected chi connectivity index (χ1v) is 9.73. The smallest absolute Gasteiger partial charge is 0.407 e. The molecule has 0 bridgehead atoms. The minimum absolute atomic E-state index is 0.00435. The minimum atomic E-state index is -0.498. The van der Waals surface area contributed by atoms with E-state index in [0.29, 0.717) is 13.0 Å². The molecule has 0 fully saturated rings. The first-order valence-electron chi connectivity index (χ1n) is 9.73. The molecule has 0 aliphatic heterocycles. The maximum Gasteiger partial charge on any atom is 0.407 e. The minimum Gasteiger partial charge on any atom is -0.449 e. The Labute approximate surface area is 173 Å². The summed E-state index contributed by atoms with van der Waals surface area (Å²) >= 11 is 0. The molecule has 0 radical (unpaired) electrons. The fourth-order valence-electron chi connectivity index (χ4n) is 3.43. The molecule has 0 saturated carbocycles. The third-order valence-electron chi connectivity index (χ3n) is 4.88. The molecule has 4 aromatic rings. The molecule has 0 saturated heterocycles. The van der Waals surface area contributed by atoms with Crippen molar-refractivity contribution in [1.29, 1.82) is 0 Å². The van der Waals surface area contributed by atoms with Gasteiger partial charge in [-0.2, -0.15) is 0 Å². The Hall–Kier alpha value is -3.59. The number of aliphatic hydroxyl groups excluding tert-OH is 1. The number of fused-ring (bicyclic) bond motifs is 3. The van der Waals surface area contributed by atoms with Gasteiger partial charge in [0.2, 0.25) is 0 Å². The molecule has 0 aliphatic rings. The lowest BCUT2D eigenvalue weighted by molar-refractivity contribution is 0.135. The molecular formula is C21H24N6O3. The van der Waals surface area contributed by atoms with Crippen LogP contribution < -0.4 is 10.6 Å². The summed E-state index contributed by atoms with van der Waals surface area (Å²) in [6.45, 7) is 0.539. The monoisotopic (exact) mass is 408 g/mol. The van der Waals surface area contributed by atoms with Gasteiger partial charge in [0.05, 0.1) is 18.5 Å². The molecule has 0 aliphatic carbocycles. The van der Waals surface area contributed by atoms with E-state index in [1.165, 1.54) is 0 Å². The number of hydrogen-bond donors (Lipinski definition) is 4. The Kier molecular flexibility index (Phi) is 5.53. The second-order valence-electron chi connectivity index (χ2n) is 6.98. The number of hydrogen-bond acceptors (Lipinski definition) is 6. The molecule has 4 rings (SSSR count). The fourth-order valence-corrected chi connectivity index (χ4v) is 3.43. The standard InChI is InChI=1S/C21H24N6O3/c1-22-20-17-18(27(2)12-24-17)15-10-16(25-19(15)26-20)14-6-3-5-13(9-14)11-23-21(29)30-8-4-7-28/h3,5-6,9-10,12,28H,4,7-8,11H2,1-2H3,(H,23,29)(H2,22,25,26). The Bertz CT molecular complexity index is 1200. The second kappa shape index (κ2) is 8.42. The van der Waals surface area contributed by atoms with Gasteiger partial charge >= 0.3 is 6.09 Å². The average molecular weight is 408 g/mol. The number of aryl methyl sites for hydroxylation is 1. The lowest BCUT2D eigenvalue weighted by Crippen LogP contribution is -2.24. The number of carbonyl (C=O) groups excluding carboxylic acids is 1. The van der Waals surface area contributed by atoms with Crippen molar-refractivity contribution in [3.63, 3.8) is 0 Å². The van der Waals surface area contributed by atoms with Crippen LogP contribution in [0.4, 0.5) is 10.6 Å². The van der Waals surface area contributed by atoms with E-state index < -0.39 is 6.09 Å². The fraction of sp³-hybridized carbons (Fsp3) is 0.286. The number of pyridine rings is 1. The first-order chi connectivity index (χ1) is 14.6. The van der Waals surface area contributed by atoms with Gasteiger partial charge in [-0.15, -0.1) is 0 Å². The van der Waals surface area contributed by atoms with E-state index in [-0.39, 0.29) is 13.2 Å². The predicted octanol–water partition coefficient (Wildman–Crippen LogP) is 2.77. The number of nitrogens with one attached hydrogen (secondary N) is 3. The summed E-state index contributed by atoms with van der Waals surface area (Å²) < 4.78 is 6.97. The van der Waals surface area contributed by atoms with Gasteiger partial charge in [0.25, 0.3) is 0 Å². The number of aromatic nitrogens is 4. The molecule has 1 aromatic carbocycles.